The van der Waals surface area contributed by atoms with Crippen LogP contribution in [0.5, 0.6) is 0 Å². The summed E-state index contributed by atoms with van der Waals surface area (Å²) in [5.74, 6) is -3.91. The van der Waals surface area contributed by atoms with Crippen LogP contribution in [0.2, 0.25) is 0 Å². The number of hydrogen-bond donors (Lipinski definition) is 3. The SMILES string of the molecule is CC(=O)NC(Cc1ccccc1C)(C(=O)O)C(=O)O. The summed E-state index contributed by atoms with van der Waals surface area (Å²) in [6.07, 6.45) is -0.316. The first-order valence-corrected chi connectivity index (χ1v) is 5.59. The van der Waals surface area contributed by atoms with Crippen molar-refractivity contribution >= 4 is 17.8 Å². The topological polar surface area (TPSA) is 104 Å². The van der Waals surface area contributed by atoms with E-state index in [1.54, 1.807) is 31.2 Å². The second-order valence-corrected chi connectivity index (χ2v) is 4.30. The summed E-state index contributed by atoms with van der Waals surface area (Å²) in [6.45, 7) is 2.83. The Hall–Kier alpha value is -2.37. The average Bonchev–Trinajstić information content (AvgIpc) is 2.29. The summed E-state index contributed by atoms with van der Waals surface area (Å²) >= 11 is 0. The highest BCUT2D eigenvalue weighted by Gasteiger charge is 2.47. The van der Waals surface area contributed by atoms with Crippen LogP contribution < -0.4 is 5.32 Å². The molecule has 0 bridgehead atoms. The Labute approximate surface area is 110 Å². The minimum Gasteiger partial charge on any atom is -0.479 e. The van der Waals surface area contributed by atoms with Crippen LogP contribution in [0.25, 0.3) is 0 Å². The lowest BCUT2D eigenvalue weighted by Gasteiger charge is -2.26. The molecule has 1 amide bonds. The molecule has 0 radical (unpaired) electrons. The third-order valence-electron chi connectivity index (χ3n) is 2.84. The Morgan fingerprint density at radius 3 is 2.11 bits per heavy atom. The predicted octanol–water partition coefficient (Wildman–Crippen LogP) is 0.582. The maximum Gasteiger partial charge on any atom is 0.341 e. The van der Waals surface area contributed by atoms with Crippen molar-refractivity contribution in [1.29, 1.82) is 0 Å². The number of carboxylic acids is 2. The molecule has 0 saturated carbocycles. The van der Waals surface area contributed by atoms with E-state index in [0.29, 0.717) is 5.56 Å². The molecule has 0 saturated heterocycles. The molecule has 0 heterocycles. The van der Waals surface area contributed by atoms with Gasteiger partial charge in [-0.3, -0.25) is 4.79 Å². The highest BCUT2D eigenvalue weighted by atomic mass is 16.4. The van der Waals surface area contributed by atoms with Crippen molar-refractivity contribution in [2.45, 2.75) is 25.8 Å². The molecule has 19 heavy (non-hydrogen) atoms. The fourth-order valence-electron chi connectivity index (χ4n) is 1.79. The van der Waals surface area contributed by atoms with Crippen LogP contribution in [0, 0.1) is 6.92 Å². The van der Waals surface area contributed by atoms with E-state index in [-0.39, 0.29) is 6.42 Å². The molecule has 0 aliphatic rings. The summed E-state index contributed by atoms with van der Waals surface area (Å²) in [5, 5.41) is 20.4. The molecule has 1 aromatic rings. The van der Waals surface area contributed by atoms with Crippen LogP contribution in [-0.2, 0) is 20.8 Å². The van der Waals surface area contributed by atoms with Crippen LogP contribution in [-0.4, -0.2) is 33.6 Å². The van der Waals surface area contributed by atoms with E-state index in [2.05, 4.69) is 0 Å². The van der Waals surface area contributed by atoms with Crippen molar-refractivity contribution in [3.8, 4) is 0 Å². The van der Waals surface area contributed by atoms with Gasteiger partial charge in [-0.1, -0.05) is 24.3 Å². The van der Waals surface area contributed by atoms with Gasteiger partial charge in [0.25, 0.3) is 0 Å². The van der Waals surface area contributed by atoms with E-state index in [0.717, 1.165) is 12.5 Å². The van der Waals surface area contributed by atoms with Crippen LogP contribution in [0.3, 0.4) is 0 Å². The molecule has 102 valence electrons. The smallest absolute Gasteiger partial charge is 0.341 e. The summed E-state index contributed by atoms with van der Waals surface area (Å²) in [7, 11) is 0. The normalized spacial score (nSPS) is 10.8. The lowest BCUT2D eigenvalue weighted by molar-refractivity contribution is -0.161. The van der Waals surface area contributed by atoms with Gasteiger partial charge in [0.2, 0.25) is 11.4 Å². The zero-order valence-electron chi connectivity index (χ0n) is 10.6. The van der Waals surface area contributed by atoms with Crippen LogP contribution >= 0.6 is 0 Å². The van der Waals surface area contributed by atoms with Crippen LogP contribution in [0.1, 0.15) is 18.1 Å². The number of carboxylic acid groups (broad SMARTS) is 2. The molecule has 0 aliphatic carbocycles. The molecule has 1 rings (SSSR count). The van der Waals surface area contributed by atoms with Gasteiger partial charge >= 0.3 is 11.9 Å². The number of aryl methyl sites for hydroxylation is 1. The lowest BCUT2D eigenvalue weighted by atomic mass is 9.88. The second-order valence-electron chi connectivity index (χ2n) is 4.30. The fraction of sp³-hybridized carbons (Fsp3) is 0.308. The maximum atomic E-state index is 11.3. The predicted molar refractivity (Wildman–Crippen MR) is 66.7 cm³/mol. The van der Waals surface area contributed by atoms with Crippen molar-refractivity contribution in [1.82, 2.24) is 5.32 Å². The van der Waals surface area contributed by atoms with Crippen LogP contribution in [0.15, 0.2) is 24.3 Å². The second kappa shape index (κ2) is 5.51. The standard InChI is InChI=1S/C13H15NO5/c1-8-5-3-4-6-10(8)7-13(11(16)17,12(18)19)14-9(2)15/h3-6H,7H2,1-2H3,(H,14,15)(H,16,17)(H,18,19). The zero-order chi connectivity index (χ0) is 14.6. The number of aliphatic carboxylic acids is 2. The number of amides is 1. The van der Waals surface area contributed by atoms with Gasteiger partial charge in [0.05, 0.1) is 0 Å². The number of rotatable bonds is 5. The highest BCUT2D eigenvalue weighted by Crippen LogP contribution is 2.18. The monoisotopic (exact) mass is 265 g/mol. The molecule has 6 nitrogen and oxygen atoms in total. The number of carbonyl (C=O) groups excluding carboxylic acids is 1. The van der Waals surface area contributed by atoms with E-state index in [4.69, 9.17) is 0 Å². The van der Waals surface area contributed by atoms with E-state index in [9.17, 15) is 24.6 Å². The number of hydrogen-bond acceptors (Lipinski definition) is 3. The Kier molecular flexibility index (Phi) is 4.26. The first-order valence-electron chi connectivity index (χ1n) is 5.59. The molecule has 0 aliphatic heterocycles. The number of carbonyl (C=O) groups is 3. The van der Waals surface area contributed by atoms with Crippen molar-refractivity contribution < 1.29 is 24.6 Å². The third kappa shape index (κ3) is 3.09. The summed E-state index contributed by atoms with van der Waals surface area (Å²) in [5.41, 5.74) is -1.03. The van der Waals surface area contributed by atoms with E-state index in [1.807, 2.05) is 5.32 Å². The largest absolute Gasteiger partial charge is 0.479 e. The van der Waals surface area contributed by atoms with Gasteiger partial charge in [-0.25, -0.2) is 9.59 Å². The molecule has 0 atom stereocenters. The van der Waals surface area contributed by atoms with Crippen molar-refractivity contribution in [3.05, 3.63) is 35.4 Å². The molecule has 1 aromatic carbocycles. The van der Waals surface area contributed by atoms with Gasteiger partial charge < -0.3 is 15.5 Å². The van der Waals surface area contributed by atoms with Gasteiger partial charge in [0.15, 0.2) is 0 Å². The van der Waals surface area contributed by atoms with Crippen molar-refractivity contribution in [2.75, 3.05) is 0 Å². The molecule has 6 heteroatoms. The molecule has 3 N–H and O–H groups in total. The van der Waals surface area contributed by atoms with E-state index >= 15 is 0 Å². The highest BCUT2D eigenvalue weighted by molar-refractivity contribution is 6.06. The fourth-order valence-corrected chi connectivity index (χ4v) is 1.79. The first kappa shape index (κ1) is 14.7. The van der Waals surface area contributed by atoms with E-state index < -0.39 is 23.4 Å². The molecular weight excluding hydrogens is 250 g/mol. The summed E-state index contributed by atoms with van der Waals surface area (Å²) < 4.78 is 0. The molecule has 0 unspecified atom stereocenters. The summed E-state index contributed by atoms with van der Waals surface area (Å²) in [4.78, 5) is 33.7. The van der Waals surface area contributed by atoms with Crippen molar-refractivity contribution in [2.24, 2.45) is 0 Å². The average molecular weight is 265 g/mol. The number of nitrogens with one attached hydrogen (secondary N) is 1. The summed E-state index contributed by atoms with van der Waals surface area (Å²) in [6, 6.07) is 6.83. The minimum atomic E-state index is -2.35. The zero-order valence-corrected chi connectivity index (χ0v) is 10.6. The maximum absolute atomic E-state index is 11.3. The van der Waals surface area contributed by atoms with E-state index in [1.165, 1.54) is 0 Å². The third-order valence-corrected chi connectivity index (χ3v) is 2.84. The minimum absolute atomic E-state index is 0.316. The Balaban J connectivity index is 3.24. The molecular formula is C13H15NO5. The van der Waals surface area contributed by atoms with Gasteiger partial charge in [0, 0.05) is 13.3 Å². The lowest BCUT2D eigenvalue weighted by Crippen LogP contribution is -2.61. The quantitative estimate of drug-likeness (QED) is 0.676. The Bertz CT molecular complexity index is 510. The first-order chi connectivity index (χ1) is 8.79. The van der Waals surface area contributed by atoms with Gasteiger partial charge in [0.1, 0.15) is 0 Å². The molecule has 0 spiro atoms. The van der Waals surface area contributed by atoms with Gasteiger partial charge in [-0.05, 0) is 18.1 Å². The molecule has 0 fully saturated rings. The molecule has 0 aromatic heterocycles. The van der Waals surface area contributed by atoms with Gasteiger partial charge in [-0.15, -0.1) is 0 Å². The van der Waals surface area contributed by atoms with Crippen molar-refractivity contribution in [3.63, 3.8) is 0 Å². The van der Waals surface area contributed by atoms with Crippen LogP contribution in [0.4, 0.5) is 0 Å². The van der Waals surface area contributed by atoms with Gasteiger partial charge in [-0.2, -0.15) is 0 Å². The Morgan fingerprint density at radius 1 is 1.16 bits per heavy atom. The number of benzene rings is 1. The Morgan fingerprint density at radius 2 is 1.68 bits per heavy atom.